The number of hydrogen-bond acceptors (Lipinski definition) is 8. The molecule has 0 aliphatic rings. The summed E-state index contributed by atoms with van der Waals surface area (Å²) in [7, 11) is 1.36. The molecular formula is C20H22N2O8. The number of non-ortho nitro benzene ring substituents is 1. The maximum atomic E-state index is 12.0. The molecule has 2 aromatic rings. The minimum Gasteiger partial charge on any atom is -0.495 e. The van der Waals surface area contributed by atoms with Crippen LogP contribution < -0.4 is 19.5 Å². The molecule has 10 nitrogen and oxygen atoms in total. The number of amides is 1. The van der Waals surface area contributed by atoms with Gasteiger partial charge < -0.3 is 24.3 Å². The molecule has 0 saturated carbocycles. The molecule has 2 rings (SSSR count). The number of carbonyl (C=O) groups excluding carboxylic acids is 2. The van der Waals surface area contributed by atoms with Crippen LogP contribution in [-0.4, -0.2) is 43.7 Å². The molecule has 0 aliphatic heterocycles. The fourth-order valence-corrected chi connectivity index (χ4v) is 2.40. The van der Waals surface area contributed by atoms with Gasteiger partial charge in [0.25, 0.3) is 11.6 Å². The van der Waals surface area contributed by atoms with Crippen molar-refractivity contribution < 1.29 is 33.5 Å². The van der Waals surface area contributed by atoms with Crippen molar-refractivity contribution in [2.24, 2.45) is 0 Å². The monoisotopic (exact) mass is 418 g/mol. The van der Waals surface area contributed by atoms with E-state index in [1.54, 1.807) is 24.3 Å². The number of ether oxygens (including phenoxy) is 4. The van der Waals surface area contributed by atoms with Crippen molar-refractivity contribution in [3.8, 4) is 17.2 Å². The zero-order valence-electron chi connectivity index (χ0n) is 16.6. The van der Waals surface area contributed by atoms with Crippen LogP contribution in [0, 0.1) is 10.1 Å². The number of esters is 1. The molecule has 0 bridgehead atoms. The van der Waals surface area contributed by atoms with Gasteiger partial charge in [0.15, 0.2) is 18.1 Å². The number of nitro benzene ring substituents is 1. The van der Waals surface area contributed by atoms with Crippen LogP contribution in [0.1, 0.15) is 13.3 Å². The summed E-state index contributed by atoms with van der Waals surface area (Å²) in [5.41, 5.74) is -0.115. The van der Waals surface area contributed by atoms with Crippen molar-refractivity contribution in [3.63, 3.8) is 0 Å². The maximum Gasteiger partial charge on any atom is 0.309 e. The summed E-state index contributed by atoms with van der Waals surface area (Å²) in [5, 5.41) is 13.3. The number of rotatable bonds is 11. The topological polar surface area (TPSA) is 126 Å². The van der Waals surface area contributed by atoms with Crippen LogP contribution in [-0.2, 0) is 14.3 Å². The average molecular weight is 418 g/mol. The Kier molecular flexibility index (Phi) is 8.42. The smallest absolute Gasteiger partial charge is 0.309 e. The predicted octanol–water partition coefficient (Wildman–Crippen LogP) is 2.95. The summed E-state index contributed by atoms with van der Waals surface area (Å²) < 4.78 is 20.9. The van der Waals surface area contributed by atoms with E-state index in [2.05, 4.69) is 5.32 Å². The summed E-state index contributed by atoms with van der Waals surface area (Å²) in [5.74, 6) is 0.0118. The number of methoxy groups -OCH3 is 1. The predicted molar refractivity (Wildman–Crippen MR) is 107 cm³/mol. The molecule has 0 fully saturated rings. The molecule has 0 atom stereocenters. The summed E-state index contributed by atoms with van der Waals surface area (Å²) in [6.07, 6.45) is -0.0755. The van der Waals surface area contributed by atoms with E-state index in [-0.39, 0.29) is 30.2 Å². The highest BCUT2D eigenvalue weighted by molar-refractivity contribution is 5.94. The van der Waals surface area contributed by atoms with Crippen molar-refractivity contribution in [1.82, 2.24) is 0 Å². The third-order valence-electron chi connectivity index (χ3n) is 3.74. The number of para-hydroxylation sites is 2. The van der Waals surface area contributed by atoms with Crippen LogP contribution >= 0.6 is 0 Å². The van der Waals surface area contributed by atoms with Crippen molar-refractivity contribution in [2.75, 3.05) is 32.2 Å². The number of anilines is 1. The largest absolute Gasteiger partial charge is 0.495 e. The summed E-state index contributed by atoms with van der Waals surface area (Å²) in [6.45, 7) is 1.82. The van der Waals surface area contributed by atoms with Crippen LogP contribution in [0.5, 0.6) is 17.2 Å². The van der Waals surface area contributed by atoms with E-state index >= 15 is 0 Å². The number of benzene rings is 2. The standard InChI is InChI=1S/C20H22N2O8/c1-3-28-17-6-4-5-7-18(17)29-11-10-20(24)30-13-19(23)21-15-12-14(22(25)26)8-9-16(15)27-2/h4-9,12H,3,10-11,13H2,1-2H3,(H,21,23). The third-order valence-corrected chi connectivity index (χ3v) is 3.74. The minimum absolute atomic E-state index is 0.0449. The molecule has 0 radical (unpaired) electrons. The molecule has 0 aromatic heterocycles. The van der Waals surface area contributed by atoms with E-state index in [0.29, 0.717) is 18.1 Å². The Morgan fingerprint density at radius 3 is 2.40 bits per heavy atom. The van der Waals surface area contributed by atoms with Crippen LogP contribution in [0.2, 0.25) is 0 Å². The number of nitro groups is 1. The van der Waals surface area contributed by atoms with E-state index in [9.17, 15) is 19.7 Å². The first-order chi connectivity index (χ1) is 14.4. The van der Waals surface area contributed by atoms with Gasteiger partial charge in [0.05, 0.1) is 37.4 Å². The maximum absolute atomic E-state index is 12.0. The van der Waals surface area contributed by atoms with E-state index < -0.39 is 23.4 Å². The highest BCUT2D eigenvalue weighted by atomic mass is 16.6. The Bertz CT molecular complexity index is 900. The Labute approximate surface area is 172 Å². The van der Waals surface area contributed by atoms with Crippen molar-refractivity contribution in [1.29, 1.82) is 0 Å². The van der Waals surface area contributed by atoms with Gasteiger partial charge in [-0.1, -0.05) is 12.1 Å². The Morgan fingerprint density at radius 2 is 1.77 bits per heavy atom. The lowest BCUT2D eigenvalue weighted by Crippen LogP contribution is -2.22. The number of carbonyl (C=O) groups is 2. The first-order valence-corrected chi connectivity index (χ1v) is 9.07. The molecule has 0 saturated heterocycles. The second kappa shape index (κ2) is 11.2. The average Bonchev–Trinajstić information content (AvgIpc) is 2.73. The van der Waals surface area contributed by atoms with Crippen LogP contribution in [0.25, 0.3) is 0 Å². The second-order valence-corrected chi connectivity index (χ2v) is 5.83. The second-order valence-electron chi connectivity index (χ2n) is 5.83. The zero-order chi connectivity index (χ0) is 21.9. The highest BCUT2D eigenvalue weighted by Gasteiger charge is 2.15. The molecule has 160 valence electrons. The van der Waals surface area contributed by atoms with Crippen LogP contribution in [0.15, 0.2) is 42.5 Å². The molecule has 0 unspecified atom stereocenters. The third kappa shape index (κ3) is 6.66. The quantitative estimate of drug-likeness (QED) is 0.335. The van der Waals surface area contributed by atoms with E-state index in [0.717, 1.165) is 6.07 Å². The molecular weight excluding hydrogens is 396 g/mol. The molecule has 30 heavy (non-hydrogen) atoms. The molecule has 2 aromatic carbocycles. The first-order valence-electron chi connectivity index (χ1n) is 9.07. The Morgan fingerprint density at radius 1 is 1.07 bits per heavy atom. The Hall–Kier alpha value is -3.82. The van der Waals surface area contributed by atoms with Gasteiger partial charge in [0.1, 0.15) is 5.75 Å². The van der Waals surface area contributed by atoms with Gasteiger partial charge in [-0.05, 0) is 25.1 Å². The SMILES string of the molecule is CCOc1ccccc1OCCC(=O)OCC(=O)Nc1cc([N+](=O)[O-])ccc1OC. The van der Waals surface area contributed by atoms with Gasteiger partial charge in [-0.25, -0.2) is 0 Å². The van der Waals surface area contributed by atoms with Crippen molar-refractivity contribution in [3.05, 3.63) is 52.6 Å². The summed E-state index contributed by atoms with van der Waals surface area (Å²) >= 11 is 0. The lowest BCUT2D eigenvalue weighted by Gasteiger charge is -2.12. The van der Waals surface area contributed by atoms with Gasteiger partial charge in [0, 0.05) is 12.1 Å². The molecule has 10 heteroatoms. The lowest BCUT2D eigenvalue weighted by atomic mass is 10.2. The van der Waals surface area contributed by atoms with Crippen molar-refractivity contribution in [2.45, 2.75) is 13.3 Å². The molecule has 1 N–H and O–H groups in total. The van der Waals surface area contributed by atoms with Gasteiger partial charge in [-0.3, -0.25) is 19.7 Å². The number of nitrogens with zero attached hydrogens (tertiary/aromatic N) is 1. The Balaban J connectivity index is 1.80. The van der Waals surface area contributed by atoms with Gasteiger partial charge >= 0.3 is 5.97 Å². The van der Waals surface area contributed by atoms with Crippen molar-refractivity contribution >= 4 is 23.3 Å². The van der Waals surface area contributed by atoms with Gasteiger partial charge in [-0.2, -0.15) is 0 Å². The fourth-order valence-electron chi connectivity index (χ4n) is 2.40. The lowest BCUT2D eigenvalue weighted by molar-refractivity contribution is -0.384. The number of nitrogens with one attached hydrogen (secondary N) is 1. The van der Waals surface area contributed by atoms with E-state index in [1.165, 1.54) is 19.2 Å². The van der Waals surface area contributed by atoms with E-state index in [4.69, 9.17) is 18.9 Å². The molecule has 0 aliphatic carbocycles. The van der Waals surface area contributed by atoms with E-state index in [1.807, 2.05) is 6.92 Å². The highest BCUT2D eigenvalue weighted by Crippen LogP contribution is 2.29. The van der Waals surface area contributed by atoms with Gasteiger partial charge in [0.2, 0.25) is 0 Å². The van der Waals surface area contributed by atoms with Crippen LogP contribution in [0.4, 0.5) is 11.4 Å². The number of hydrogen-bond donors (Lipinski definition) is 1. The van der Waals surface area contributed by atoms with Gasteiger partial charge in [-0.15, -0.1) is 0 Å². The van der Waals surface area contributed by atoms with Crippen LogP contribution in [0.3, 0.4) is 0 Å². The normalized spacial score (nSPS) is 10.1. The first kappa shape index (κ1) is 22.5. The molecule has 0 heterocycles. The summed E-state index contributed by atoms with van der Waals surface area (Å²) in [4.78, 5) is 34.1. The molecule has 0 spiro atoms. The zero-order valence-corrected chi connectivity index (χ0v) is 16.6. The fraction of sp³-hybridized carbons (Fsp3) is 0.300. The summed E-state index contributed by atoms with van der Waals surface area (Å²) in [6, 6.07) is 10.8. The molecule has 1 amide bonds. The minimum atomic E-state index is -0.662.